The molecule has 0 heterocycles. The quantitative estimate of drug-likeness (QED) is 0.794. The fourth-order valence-corrected chi connectivity index (χ4v) is 6.57. The van der Waals surface area contributed by atoms with Gasteiger partial charge >= 0.3 is 0 Å². The van der Waals surface area contributed by atoms with Crippen LogP contribution in [0.3, 0.4) is 0 Å². The third kappa shape index (κ3) is 1.94. The molecule has 0 radical (unpaired) electrons. The van der Waals surface area contributed by atoms with E-state index >= 15 is 0 Å². The van der Waals surface area contributed by atoms with E-state index in [1.165, 1.54) is 11.1 Å². The molecule has 0 aromatic carbocycles. The lowest BCUT2D eigenvalue weighted by Gasteiger charge is -2.54. The Labute approximate surface area is 145 Å². The van der Waals surface area contributed by atoms with Crippen LogP contribution in [-0.2, 0) is 9.59 Å². The summed E-state index contributed by atoms with van der Waals surface area (Å²) in [6.45, 7) is 5.82. The van der Waals surface area contributed by atoms with Crippen LogP contribution < -0.4 is 0 Å². The Balaban J connectivity index is 0.00000182. The van der Waals surface area contributed by atoms with Gasteiger partial charge in [-0.1, -0.05) is 18.6 Å². The summed E-state index contributed by atoms with van der Waals surface area (Å²) in [5, 5.41) is 11.1. The van der Waals surface area contributed by atoms with E-state index in [4.69, 9.17) is 0 Å². The van der Waals surface area contributed by atoms with Gasteiger partial charge in [-0.3, -0.25) is 9.59 Å². The van der Waals surface area contributed by atoms with Crippen molar-refractivity contribution in [2.24, 2.45) is 29.1 Å². The highest BCUT2D eigenvalue weighted by molar-refractivity contribution is 5.92. The number of allylic oxidation sites excluding steroid dienone is 4. The molecule has 0 spiro atoms. The van der Waals surface area contributed by atoms with Crippen LogP contribution in [0.15, 0.2) is 23.3 Å². The van der Waals surface area contributed by atoms with Crippen molar-refractivity contribution in [3.63, 3.8) is 0 Å². The molecule has 4 aliphatic carbocycles. The summed E-state index contributed by atoms with van der Waals surface area (Å²) in [6, 6.07) is 0. The van der Waals surface area contributed by atoms with Gasteiger partial charge in [-0.2, -0.15) is 0 Å². The molecule has 0 unspecified atom stereocenters. The van der Waals surface area contributed by atoms with Crippen molar-refractivity contribution in [1.82, 2.24) is 0 Å². The topological polar surface area (TPSA) is 54.4 Å². The van der Waals surface area contributed by atoms with E-state index < -0.39 is 5.60 Å². The predicted octanol–water partition coefficient (Wildman–Crippen LogP) is 3.86. The Morgan fingerprint density at radius 1 is 1.29 bits per heavy atom. The van der Waals surface area contributed by atoms with Gasteiger partial charge in [0.25, 0.3) is 0 Å². The maximum absolute atomic E-state index is 12.2. The lowest BCUT2D eigenvalue weighted by Crippen LogP contribution is -2.55. The van der Waals surface area contributed by atoms with E-state index in [1.54, 1.807) is 6.92 Å². The standard InChI is InChI=1S/C21H28O3.H2/c1-12-10-18-16(15-5-4-14(23)11-17(12)15)6-8-20(3)19(18)7-9-21(20,24)13(2)22;/h10-11,15-16,18-19,24H,4-9H2,1-3H3;1H/t15-,16-,18-,19+,20+,21+;/m1./s1. The second-order valence-electron chi connectivity index (χ2n) is 8.82. The van der Waals surface area contributed by atoms with Gasteiger partial charge < -0.3 is 5.11 Å². The molecule has 0 bridgehead atoms. The molecular weight excluding hydrogens is 300 g/mol. The van der Waals surface area contributed by atoms with Crippen molar-refractivity contribution in [3.05, 3.63) is 23.3 Å². The van der Waals surface area contributed by atoms with Crippen molar-refractivity contribution in [2.75, 3.05) is 0 Å². The lowest BCUT2D eigenvalue weighted by molar-refractivity contribution is -0.155. The largest absolute Gasteiger partial charge is 0.382 e. The van der Waals surface area contributed by atoms with Gasteiger partial charge in [0.2, 0.25) is 0 Å². The summed E-state index contributed by atoms with van der Waals surface area (Å²) < 4.78 is 0. The van der Waals surface area contributed by atoms with E-state index in [2.05, 4.69) is 19.9 Å². The summed E-state index contributed by atoms with van der Waals surface area (Å²) in [6.07, 6.45) is 9.38. The molecule has 4 aliphatic rings. The SMILES string of the molecule is CC(=O)[C@@]1(O)CC[C@H]2[C@@H]3C=C(C)C4=CC(=O)CC[C@@H]4[C@H]3CC[C@@]21C.[HH]. The van der Waals surface area contributed by atoms with E-state index in [9.17, 15) is 14.7 Å². The Morgan fingerprint density at radius 3 is 2.75 bits per heavy atom. The molecular formula is C21H30O3. The molecule has 24 heavy (non-hydrogen) atoms. The van der Waals surface area contributed by atoms with Crippen molar-refractivity contribution in [3.8, 4) is 0 Å². The molecule has 3 nitrogen and oxygen atoms in total. The summed E-state index contributed by atoms with van der Waals surface area (Å²) >= 11 is 0. The Bertz CT molecular complexity index is 679. The Hall–Kier alpha value is -1.22. The van der Waals surface area contributed by atoms with Gasteiger partial charge in [-0.05, 0) is 81.3 Å². The normalized spacial score (nSPS) is 47.2. The van der Waals surface area contributed by atoms with Crippen LogP contribution in [0.5, 0.6) is 0 Å². The third-order valence-corrected chi connectivity index (χ3v) is 7.95. The maximum atomic E-state index is 12.2. The van der Waals surface area contributed by atoms with E-state index in [1.807, 2.05) is 6.08 Å². The van der Waals surface area contributed by atoms with Crippen LogP contribution >= 0.6 is 0 Å². The smallest absolute Gasteiger partial charge is 0.161 e. The van der Waals surface area contributed by atoms with Crippen molar-refractivity contribution in [2.45, 2.75) is 64.9 Å². The van der Waals surface area contributed by atoms with Crippen molar-refractivity contribution in [1.29, 1.82) is 0 Å². The average Bonchev–Trinajstić information content (AvgIpc) is 2.81. The average molecular weight is 330 g/mol. The molecule has 0 amide bonds. The zero-order chi connectivity index (χ0) is 17.3. The molecule has 0 aromatic heterocycles. The minimum atomic E-state index is -1.15. The second kappa shape index (κ2) is 5.14. The number of aliphatic hydroxyl groups is 1. The van der Waals surface area contributed by atoms with Gasteiger partial charge in [0, 0.05) is 13.3 Å². The molecule has 1 N–H and O–H groups in total. The molecule has 3 heteroatoms. The first-order valence-electron chi connectivity index (χ1n) is 9.44. The van der Waals surface area contributed by atoms with Gasteiger partial charge in [-0.25, -0.2) is 0 Å². The van der Waals surface area contributed by atoms with Gasteiger partial charge in [0.1, 0.15) is 5.60 Å². The molecule has 6 atom stereocenters. The van der Waals surface area contributed by atoms with Gasteiger partial charge in [0.05, 0.1) is 0 Å². The summed E-state index contributed by atoms with van der Waals surface area (Å²) in [5.74, 6) is 2.08. The third-order valence-electron chi connectivity index (χ3n) is 7.95. The first-order valence-corrected chi connectivity index (χ1v) is 9.44. The first kappa shape index (κ1) is 16.3. The van der Waals surface area contributed by atoms with E-state index in [-0.39, 0.29) is 18.4 Å². The first-order chi connectivity index (χ1) is 11.3. The zero-order valence-electron chi connectivity index (χ0n) is 15.0. The number of Topliss-reactive ketones (excluding diaryl/α,β-unsaturated/α-hetero) is 1. The number of hydrogen-bond acceptors (Lipinski definition) is 3. The van der Waals surface area contributed by atoms with Crippen LogP contribution in [-0.4, -0.2) is 22.3 Å². The lowest BCUT2D eigenvalue weighted by atomic mass is 9.51. The molecule has 0 saturated heterocycles. The van der Waals surface area contributed by atoms with Crippen LogP contribution in [0.1, 0.15) is 60.7 Å². The molecule has 132 valence electrons. The monoisotopic (exact) mass is 330 g/mol. The molecule has 0 aliphatic heterocycles. The number of carbonyl (C=O) groups excluding carboxylic acids is 2. The highest BCUT2D eigenvalue weighted by Gasteiger charge is 2.63. The molecule has 4 rings (SSSR count). The van der Waals surface area contributed by atoms with Crippen LogP contribution in [0.2, 0.25) is 0 Å². The summed E-state index contributed by atoms with van der Waals surface area (Å²) in [4.78, 5) is 24.0. The van der Waals surface area contributed by atoms with Crippen LogP contribution in [0, 0.1) is 29.1 Å². The van der Waals surface area contributed by atoms with E-state index in [0.717, 1.165) is 25.7 Å². The Kier molecular flexibility index (Phi) is 3.48. The maximum Gasteiger partial charge on any atom is 0.161 e. The molecule has 2 fully saturated rings. The number of fused-ring (bicyclic) bond motifs is 5. The summed E-state index contributed by atoms with van der Waals surface area (Å²) in [5.41, 5.74) is 1.05. The highest BCUT2D eigenvalue weighted by Crippen LogP contribution is 2.64. The minimum absolute atomic E-state index is 0. The van der Waals surface area contributed by atoms with Gasteiger partial charge in [0.15, 0.2) is 11.6 Å². The number of carbonyl (C=O) groups is 2. The highest BCUT2D eigenvalue weighted by atomic mass is 16.3. The van der Waals surface area contributed by atoms with Crippen LogP contribution in [0.4, 0.5) is 0 Å². The van der Waals surface area contributed by atoms with E-state index in [0.29, 0.717) is 36.5 Å². The van der Waals surface area contributed by atoms with Crippen molar-refractivity contribution >= 4 is 11.6 Å². The minimum Gasteiger partial charge on any atom is -0.382 e. The van der Waals surface area contributed by atoms with Crippen molar-refractivity contribution < 1.29 is 16.1 Å². The Morgan fingerprint density at radius 2 is 2.04 bits per heavy atom. The molecule has 0 aromatic rings. The van der Waals surface area contributed by atoms with Crippen LogP contribution in [0.25, 0.3) is 0 Å². The number of hydrogen-bond donors (Lipinski definition) is 1. The number of ketones is 2. The predicted molar refractivity (Wildman–Crippen MR) is 94.4 cm³/mol. The zero-order valence-corrected chi connectivity index (χ0v) is 15.0. The summed E-state index contributed by atoms with van der Waals surface area (Å²) in [7, 11) is 0. The molecule has 2 saturated carbocycles. The second-order valence-corrected chi connectivity index (χ2v) is 8.82. The number of rotatable bonds is 1. The fourth-order valence-electron chi connectivity index (χ4n) is 6.57. The fraction of sp³-hybridized carbons (Fsp3) is 0.714. The van der Waals surface area contributed by atoms with Gasteiger partial charge in [-0.15, -0.1) is 0 Å².